The summed E-state index contributed by atoms with van der Waals surface area (Å²) in [5, 5.41) is 4.26. The van der Waals surface area contributed by atoms with Crippen LogP contribution in [-0.4, -0.2) is 19.0 Å². The molecule has 0 spiro atoms. The normalized spacial score (nSPS) is 11.1. The second-order valence-electron chi connectivity index (χ2n) is 5.87. The van der Waals surface area contributed by atoms with Gasteiger partial charge in [-0.2, -0.15) is 0 Å². The second kappa shape index (κ2) is 7.55. The summed E-state index contributed by atoms with van der Waals surface area (Å²) in [6, 6.07) is 30.6. The molecular weight excluding hydrogens is 297 g/mol. The molecular formula is C21H22NP. The third-order valence-electron chi connectivity index (χ3n) is 3.75. The lowest BCUT2D eigenvalue weighted by Gasteiger charge is -2.23. The van der Waals surface area contributed by atoms with E-state index >= 15 is 0 Å². The van der Waals surface area contributed by atoms with E-state index in [0.717, 1.165) is 6.54 Å². The molecule has 0 aliphatic rings. The fourth-order valence-electron chi connectivity index (χ4n) is 2.78. The van der Waals surface area contributed by atoms with Gasteiger partial charge in [-0.15, -0.1) is 0 Å². The Hall–Kier alpha value is -1.95. The molecule has 0 saturated carbocycles. The first-order valence-electron chi connectivity index (χ1n) is 7.88. The zero-order chi connectivity index (χ0) is 16.1. The summed E-state index contributed by atoms with van der Waals surface area (Å²) in [5.41, 5.74) is 1.41. The smallest absolute Gasteiger partial charge is 0.0234 e. The maximum atomic E-state index is 2.30. The Morgan fingerprint density at radius 1 is 0.652 bits per heavy atom. The van der Waals surface area contributed by atoms with Gasteiger partial charge in [0, 0.05) is 6.54 Å². The van der Waals surface area contributed by atoms with Crippen LogP contribution in [0.2, 0.25) is 0 Å². The molecule has 3 aromatic carbocycles. The molecule has 116 valence electrons. The third kappa shape index (κ3) is 3.88. The van der Waals surface area contributed by atoms with E-state index < -0.39 is 7.92 Å². The minimum atomic E-state index is -0.524. The van der Waals surface area contributed by atoms with Gasteiger partial charge in [0.2, 0.25) is 0 Å². The molecule has 23 heavy (non-hydrogen) atoms. The molecule has 0 atom stereocenters. The average Bonchev–Trinajstić information content (AvgIpc) is 2.58. The van der Waals surface area contributed by atoms with E-state index in [2.05, 4.69) is 104 Å². The molecule has 0 amide bonds. The Kier molecular flexibility index (Phi) is 5.23. The summed E-state index contributed by atoms with van der Waals surface area (Å²) >= 11 is 0. The standard InChI is InChI=1S/C21H22NP/c1-22(2)17-18-11-9-10-16-21(18)23(19-12-5-3-6-13-19)20-14-7-4-8-15-20/h3-16H,17H2,1-2H3. The Morgan fingerprint density at radius 3 is 1.65 bits per heavy atom. The molecule has 1 nitrogen and oxygen atoms in total. The summed E-state index contributed by atoms with van der Waals surface area (Å²) in [6.45, 7) is 0.967. The van der Waals surface area contributed by atoms with Crippen LogP contribution in [0, 0.1) is 0 Å². The molecule has 0 aliphatic carbocycles. The summed E-state index contributed by atoms with van der Waals surface area (Å²) in [5.74, 6) is 0. The van der Waals surface area contributed by atoms with Crippen molar-refractivity contribution >= 4 is 23.8 Å². The summed E-state index contributed by atoms with van der Waals surface area (Å²) in [6.07, 6.45) is 0. The van der Waals surface area contributed by atoms with Crippen molar-refractivity contribution in [3.8, 4) is 0 Å². The largest absolute Gasteiger partial charge is 0.305 e. The minimum absolute atomic E-state index is 0.524. The Bertz CT molecular complexity index is 699. The van der Waals surface area contributed by atoms with Crippen molar-refractivity contribution < 1.29 is 0 Å². The van der Waals surface area contributed by atoms with Gasteiger partial charge >= 0.3 is 0 Å². The van der Waals surface area contributed by atoms with Crippen molar-refractivity contribution in [1.29, 1.82) is 0 Å². The lowest BCUT2D eigenvalue weighted by Crippen LogP contribution is -2.25. The van der Waals surface area contributed by atoms with Crippen LogP contribution in [0.5, 0.6) is 0 Å². The van der Waals surface area contributed by atoms with Crippen LogP contribution in [0.15, 0.2) is 84.9 Å². The lowest BCUT2D eigenvalue weighted by atomic mass is 10.2. The molecule has 0 heterocycles. The highest BCUT2D eigenvalue weighted by atomic mass is 31.1. The summed E-state index contributed by atoms with van der Waals surface area (Å²) in [4.78, 5) is 2.24. The van der Waals surface area contributed by atoms with E-state index in [9.17, 15) is 0 Å². The van der Waals surface area contributed by atoms with E-state index in [1.165, 1.54) is 21.5 Å². The molecule has 0 bridgehead atoms. The van der Waals surface area contributed by atoms with Crippen molar-refractivity contribution in [3.05, 3.63) is 90.5 Å². The fourth-order valence-corrected chi connectivity index (χ4v) is 5.25. The topological polar surface area (TPSA) is 3.24 Å². The average molecular weight is 319 g/mol. The van der Waals surface area contributed by atoms with Crippen molar-refractivity contribution in [3.63, 3.8) is 0 Å². The molecule has 3 rings (SSSR count). The monoisotopic (exact) mass is 319 g/mol. The predicted molar refractivity (Wildman–Crippen MR) is 103 cm³/mol. The van der Waals surface area contributed by atoms with Gasteiger partial charge in [0.15, 0.2) is 0 Å². The molecule has 0 radical (unpaired) electrons. The highest BCUT2D eigenvalue weighted by molar-refractivity contribution is 7.79. The van der Waals surface area contributed by atoms with Crippen LogP contribution in [0.25, 0.3) is 0 Å². The number of benzene rings is 3. The SMILES string of the molecule is CN(C)Cc1ccccc1P(c1ccccc1)c1ccccc1. The van der Waals surface area contributed by atoms with Gasteiger partial charge < -0.3 is 4.90 Å². The molecule has 0 N–H and O–H groups in total. The van der Waals surface area contributed by atoms with Gasteiger partial charge in [0.1, 0.15) is 0 Å². The molecule has 0 saturated heterocycles. The van der Waals surface area contributed by atoms with Gasteiger partial charge in [0.25, 0.3) is 0 Å². The van der Waals surface area contributed by atoms with Crippen molar-refractivity contribution in [2.75, 3.05) is 14.1 Å². The van der Waals surface area contributed by atoms with Crippen LogP contribution < -0.4 is 15.9 Å². The minimum Gasteiger partial charge on any atom is -0.305 e. The molecule has 0 unspecified atom stereocenters. The van der Waals surface area contributed by atoms with Crippen molar-refractivity contribution in [2.24, 2.45) is 0 Å². The van der Waals surface area contributed by atoms with Crippen LogP contribution in [-0.2, 0) is 6.54 Å². The summed E-state index contributed by atoms with van der Waals surface area (Å²) in [7, 11) is 3.73. The highest BCUT2D eigenvalue weighted by Crippen LogP contribution is 2.34. The molecule has 2 heteroatoms. The molecule has 3 aromatic rings. The quantitative estimate of drug-likeness (QED) is 0.651. The summed E-state index contributed by atoms with van der Waals surface area (Å²) < 4.78 is 0. The molecule has 0 aliphatic heterocycles. The van der Waals surface area contributed by atoms with E-state index in [1.807, 2.05) is 0 Å². The van der Waals surface area contributed by atoms with Gasteiger partial charge in [-0.05, 0) is 43.5 Å². The van der Waals surface area contributed by atoms with E-state index in [1.54, 1.807) is 0 Å². The first-order chi connectivity index (χ1) is 11.3. The van der Waals surface area contributed by atoms with Gasteiger partial charge in [-0.25, -0.2) is 0 Å². The maximum Gasteiger partial charge on any atom is 0.0234 e. The van der Waals surface area contributed by atoms with Crippen LogP contribution in [0.1, 0.15) is 5.56 Å². The second-order valence-corrected chi connectivity index (χ2v) is 8.06. The Balaban J connectivity index is 2.14. The maximum absolute atomic E-state index is 2.30. The van der Waals surface area contributed by atoms with E-state index in [-0.39, 0.29) is 0 Å². The Labute approximate surface area is 140 Å². The zero-order valence-electron chi connectivity index (χ0n) is 13.7. The number of hydrogen-bond donors (Lipinski definition) is 0. The first kappa shape index (κ1) is 15.9. The zero-order valence-corrected chi connectivity index (χ0v) is 14.6. The van der Waals surface area contributed by atoms with Crippen LogP contribution in [0.4, 0.5) is 0 Å². The Morgan fingerprint density at radius 2 is 1.13 bits per heavy atom. The fraction of sp³-hybridized carbons (Fsp3) is 0.143. The van der Waals surface area contributed by atoms with E-state index in [0.29, 0.717) is 0 Å². The van der Waals surface area contributed by atoms with Gasteiger partial charge in [-0.3, -0.25) is 0 Å². The lowest BCUT2D eigenvalue weighted by molar-refractivity contribution is 0.403. The van der Waals surface area contributed by atoms with Crippen LogP contribution in [0.3, 0.4) is 0 Å². The molecule has 0 aromatic heterocycles. The van der Waals surface area contributed by atoms with Crippen molar-refractivity contribution in [2.45, 2.75) is 6.54 Å². The number of rotatable bonds is 5. The van der Waals surface area contributed by atoms with Gasteiger partial charge in [-0.1, -0.05) is 84.9 Å². The highest BCUT2D eigenvalue weighted by Gasteiger charge is 2.18. The third-order valence-corrected chi connectivity index (χ3v) is 6.30. The first-order valence-corrected chi connectivity index (χ1v) is 9.23. The predicted octanol–water partition coefficient (Wildman–Crippen LogP) is 3.51. The van der Waals surface area contributed by atoms with Crippen molar-refractivity contribution in [1.82, 2.24) is 4.90 Å². The number of nitrogens with zero attached hydrogens (tertiary/aromatic N) is 1. The number of hydrogen-bond acceptors (Lipinski definition) is 1. The van der Waals surface area contributed by atoms with E-state index in [4.69, 9.17) is 0 Å². The van der Waals surface area contributed by atoms with Gasteiger partial charge in [0.05, 0.1) is 0 Å². The molecule has 0 fully saturated rings. The van der Waals surface area contributed by atoms with Crippen LogP contribution >= 0.6 is 7.92 Å².